The largest absolute Gasteiger partial charge is 0.387 e. The van der Waals surface area contributed by atoms with Crippen LogP contribution in [0.25, 0.3) is 0 Å². The van der Waals surface area contributed by atoms with Crippen LogP contribution in [0.1, 0.15) is 99.5 Å². The van der Waals surface area contributed by atoms with Crippen LogP contribution in [-0.4, -0.2) is 18.2 Å². The van der Waals surface area contributed by atoms with E-state index in [0.29, 0.717) is 6.54 Å². The monoisotopic (exact) mass is 423 g/mol. The van der Waals surface area contributed by atoms with Crippen molar-refractivity contribution >= 4 is 0 Å². The maximum Gasteiger partial charge on any atom is 0.0914 e. The maximum absolute atomic E-state index is 10.4. The molecule has 2 aromatic rings. The van der Waals surface area contributed by atoms with Crippen molar-refractivity contribution in [1.29, 1.82) is 0 Å². The second-order valence-electron chi connectivity index (χ2n) is 9.03. The van der Waals surface area contributed by atoms with Crippen LogP contribution in [0.5, 0.6) is 0 Å². The highest BCUT2D eigenvalue weighted by molar-refractivity contribution is 5.32. The Morgan fingerprint density at radius 3 is 2.03 bits per heavy atom. The summed E-state index contributed by atoms with van der Waals surface area (Å²) < 4.78 is 0. The molecule has 0 saturated carbocycles. The van der Waals surface area contributed by atoms with E-state index in [4.69, 9.17) is 0 Å². The maximum atomic E-state index is 10.4. The first-order valence-corrected chi connectivity index (χ1v) is 12.7. The molecule has 0 radical (unpaired) electrons. The molecule has 0 aromatic heterocycles. The lowest BCUT2D eigenvalue weighted by Gasteiger charge is -2.14. The van der Waals surface area contributed by atoms with Gasteiger partial charge in [0.15, 0.2) is 0 Å². The van der Waals surface area contributed by atoms with E-state index in [1.54, 1.807) is 0 Å². The Hall–Kier alpha value is -1.64. The van der Waals surface area contributed by atoms with Gasteiger partial charge in [0.05, 0.1) is 6.10 Å². The highest BCUT2D eigenvalue weighted by Crippen LogP contribution is 2.18. The molecule has 2 rings (SSSR count). The van der Waals surface area contributed by atoms with Gasteiger partial charge in [-0.3, -0.25) is 0 Å². The average Bonchev–Trinajstić information content (AvgIpc) is 2.80. The van der Waals surface area contributed by atoms with Crippen LogP contribution < -0.4 is 5.32 Å². The zero-order valence-corrected chi connectivity index (χ0v) is 20.0. The molecule has 0 aliphatic rings. The second-order valence-corrected chi connectivity index (χ2v) is 9.03. The number of rotatable bonds is 17. The fourth-order valence-electron chi connectivity index (χ4n) is 4.27. The van der Waals surface area contributed by atoms with E-state index < -0.39 is 6.10 Å². The Balaban J connectivity index is 1.36. The number of aliphatic hydroxyl groups is 1. The summed E-state index contributed by atoms with van der Waals surface area (Å²) in [5.41, 5.74) is 5.17. The summed E-state index contributed by atoms with van der Waals surface area (Å²) in [6.45, 7) is 5.96. The molecule has 1 atom stereocenters. The third kappa shape index (κ3) is 11.0. The average molecular weight is 424 g/mol. The van der Waals surface area contributed by atoms with Crippen molar-refractivity contribution < 1.29 is 5.11 Å². The van der Waals surface area contributed by atoms with Crippen molar-refractivity contribution in [3.05, 3.63) is 70.8 Å². The predicted molar refractivity (Wildman–Crippen MR) is 135 cm³/mol. The summed E-state index contributed by atoms with van der Waals surface area (Å²) in [6.07, 6.45) is 15.3. The van der Waals surface area contributed by atoms with Gasteiger partial charge in [0.2, 0.25) is 0 Å². The van der Waals surface area contributed by atoms with Gasteiger partial charge in [-0.25, -0.2) is 0 Å². The van der Waals surface area contributed by atoms with Crippen molar-refractivity contribution in [2.45, 2.75) is 97.0 Å². The Bertz CT molecular complexity index is 697. The molecular weight excluding hydrogens is 378 g/mol. The molecule has 0 saturated heterocycles. The Morgan fingerprint density at radius 2 is 1.39 bits per heavy atom. The lowest BCUT2D eigenvalue weighted by molar-refractivity contribution is 0.174. The molecule has 2 heteroatoms. The normalized spacial score (nSPS) is 12.2. The molecule has 2 N–H and O–H groups in total. The van der Waals surface area contributed by atoms with Gasteiger partial charge in [0.1, 0.15) is 0 Å². The van der Waals surface area contributed by atoms with Crippen LogP contribution in [0.15, 0.2) is 48.5 Å². The molecule has 172 valence electrons. The van der Waals surface area contributed by atoms with Gasteiger partial charge in [0.25, 0.3) is 0 Å². The minimum Gasteiger partial charge on any atom is -0.387 e. The van der Waals surface area contributed by atoms with Gasteiger partial charge in [-0.05, 0) is 61.4 Å². The van der Waals surface area contributed by atoms with Crippen LogP contribution in [-0.2, 0) is 12.8 Å². The first kappa shape index (κ1) is 25.6. The molecule has 1 unspecified atom stereocenters. The fraction of sp³-hybridized carbons (Fsp3) is 0.586. The van der Waals surface area contributed by atoms with E-state index in [2.05, 4.69) is 67.7 Å². The Labute approximate surface area is 191 Å². The zero-order chi connectivity index (χ0) is 22.2. The topological polar surface area (TPSA) is 32.3 Å². The molecule has 2 nitrogen and oxygen atoms in total. The lowest BCUT2D eigenvalue weighted by Crippen LogP contribution is -2.22. The SMILES string of the molecule is CCc1cc(C(O)CNCCCCCCCCCCCCc2ccccc2)ccc1C. The van der Waals surface area contributed by atoms with Crippen molar-refractivity contribution in [3.8, 4) is 0 Å². The summed E-state index contributed by atoms with van der Waals surface area (Å²) >= 11 is 0. The number of nitrogens with one attached hydrogen (secondary N) is 1. The van der Waals surface area contributed by atoms with E-state index in [-0.39, 0.29) is 0 Å². The third-order valence-electron chi connectivity index (χ3n) is 6.39. The van der Waals surface area contributed by atoms with Gasteiger partial charge < -0.3 is 10.4 Å². The fourth-order valence-corrected chi connectivity index (χ4v) is 4.27. The molecule has 0 spiro atoms. The lowest BCUT2D eigenvalue weighted by atomic mass is 10.00. The van der Waals surface area contributed by atoms with Gasteiger partial charge >= 0.3 is 0 Å². The predicted octanol–water partition coefficient (Wildman–Crippen LogP) is 7.32. The van der Waals surface area contributed by atoms with E-state index in [1.807, 2.05) is 0 Å². The minimum atomic E-state index is -0.404. The Morgan fingerprint density at radius 1 is 0.774 bits per heavy atom. The van der Waals surface area contributed by atoms with Gasteiger partial charge in [-0.2, -0.15) is 0 Å². The number of aliphatic hydroxyl groups excluding tert-OH is 1. The molecule has 0 aliphatic carbocycles. The van der Waals surface area contributed by atoms with Crippen molar-refractivity contribution in [3.63, 3.8) is 0 Å². The van der Waals surface area contributed by atoms with Crippen LogP contribution in [0, 0.1) is 6.92 Å². The van der Waals surface area contributed by atoms with Gasteiger partial charge in [0, 0.05) is 6.54 Å². The Kier molecular flexibility index (Phi) is 13.3. The first-order valence-electron chi connectivity index (χ1n) is 12.7. The smallest absolute Gasteiger partial charge is 0.0914 e. The summed E-state index contributed by atoms with van der Waals surface area (Å²) in [5.74, 6) is 0. The van der Waals surface area contributed by atoms with Crippen LogP contribution in [0.2, 0.25) is 0 Å². The van der Waals surface area contributed by atoms with Crippen LogP contribution in [0.3, 0.4) is 0 Å². The van der Waals surface area contributed by atoms with Crippen molar-refractivity contribution in [2.75, 3.05) is 13.1 Å². The van der Waals surface area contributed by atoms with Crippen LogP contribution >= 0.6 is 0 Å². The molecule has 31 heavy (non-hydrogen) atoms. The second kappa shape index (κ2) is 16.1. The summed E-state index contributed by atoms with van der Waals surface area (Å²) in [4.78, 5) is 0. The van der Waals surface area contributed by atoms with Crippen LogP contribution in [0.4, 0.5) is 0 Å². The minimum absolute atomic E-state index is 0.404. The van der Waals surface area contributed by atoms with E-state index >= 15 is 0 Å². The highest BCUT2D eigenvalue weighted by Gasteiger charge is 2.08. The first-order chi connectivity index (χ1) is 15.2. The molecule has 0 aliphatic heterocycles. The van der Waals surface area contributed by atoms with Crippen molar-refractivity contribution in [2.24, 2.45) is 0 Å². The quantitative estimate of drug-likeness (QED) is 0.261. The number of benzene rings is 2. The number of hydrogen-bond acceptors (Lipinski definition) is 2. The molecule has 0 heterocycles. The van der Waals surface area contributed by atoms with Gasteiger partial charge in [-0.1, -0.05) is 107 Å². The zero-order valence-electron chi connectivity index (χ0n) is 20.0. The molecule has 2 aromatic carbocycles. The van der Waals surface area contributed by atoms with E-state index in [0.717, 1.165) is 18.5 Å². The molecule has 0 bridgehead atoms. The third-order valence-corrected chi connectivity index (χ3v) is 6.39. The standard InChI is InChI=1S/C29H45NO/c1-3-27-23-28(21-20-25(27)2)29(31)24-30-22-16-11-9-7-5-4-6-8-10-13-17-26-18-14-12-15-19-26/h12,14-15,18-21,23,29-31H,3-11,13,16-17,22,24H2,1-2H3. The van der Waals surface area contributed by atoms with Crippen molar-refractivity contribution in [1.82, 2.24) is 5.32 Å². The summed E-state index contributed by atoms with van der Waals surface area (Å²) in [5, 5.41) is 13.8. The van der Waals surface area contributed by atoms with E-state index in [1.165, 1.54) is 87.3 Å². The van der Waals surface area contributed by atoms with Gasteiger partial charge in [-0.15, -0.1) is 0 Å². The number of hydrogen-bond donors (Lipinski definition) is 2. The summed E-state index contributed by atoms with van der Waals surface area (Å²) in [6, 6.07) is 17.2. The molecule has 0 amide bonds. The number of aryl methyl sites for hydroxylation is 3. The van der Waals surface area contributed by atoms with E-state index in [9.17, 15) is 5.11 Å². The molecular formula is C29H45NO. The highest BCUT2D eigenvalue weighted by atomic mass is 16.3. The number of unbranched alkanes of at least 4 members (excludes halogenated alkanes) is 9. The summed E-state index contributed by atoms with van der Waals surface area (Å²) in [7, 11) is 0. The molecule has 0 fully saturated rings.